The Morgan fingerprint density at radius 1 is 1.14 bits per heavy atom. The Hall–Kier alpha value is -2.70. The Morgan fingerprint density at radius 3 is 2.46 bits per heavy atom. The third-order valence-corrected chi connectivity index (χ3v) is 6.23. The number of pyridine rings is 1. The first-order valence-corrected chi connectivity index (χ1v) is 9.86. The highest BCUT2D eigenvalue weighted by Gasteiger charge is 2.43. The van der Waals surface area contributed by atoms with Gasteiger partial charge < -0.3 is 14.3 Å². The van der Waals surface area contributed by atoms with Gasteiger partial charge in [-0.1, -0.05) is 11.2 Å². The van der Waals surface area contributed by atoms with Crippen LogP contribution in [0.1, 0.15) is 46.6 Å². The standard InChI is InChI=1S/C21H26N4O3/c1-15-19(16(2)28-23-15)20(27)25-11-7-21(14-25)5-9-24(10-6-21)18(26)12-17-4-3-8-22-13-17/h3-4,8,13H,5-7,9-12,14H2,1-2H3. The number of aromatic nitrogens is 2. The van der Waals surface area contributed by atoms with Gasteiger partial charge in [0.2, 0.25) is 5.91 Å². The SMILES string of the molecule is Cc1noc(C)c1C(=O)N1CCC2(CCN(C(=O)Cc3cccnc3)CC2)C1. The number of hydrogen-bond donors (Lipinski definition) is 0. The number of hydrogen-bond acceptors (Lipinski definition) is 5. The van der Waals surface area contributed by atoms with E-state index >= 15 is 0 Å². The molecule has 0 N–H and O–H groups in total. The van der Waals surface area contributed by atoms with Gasteiger partial charge in [0.1, 0.15) is 11.3 Å². The fourth-order valence-corrected chi connectivity index (χ4v) is 4.48. The van der Waals surface area contributed by atoms with Crippen LogP contribution in [0.5, 0.6) is 0 Å². The zero-order chi connectivity index (χ0) is 19.7. The van der Waals surface area contributed by atoms with E-state index in [1.54, 1.807) is 19.3 Å². The summed E-state index contributed by atoms with van der Waals surface area (Å²) in [5.74, 6) is 0.756. The smallest absolute Gasteiger partial charge is 0.259 e. The number of amides is 2. The van der Waals surface area contributed by atoms with Gasteiger partial charge in [0.25, 0.3) is 5.91 Å². The molecule has 0 aromatic carbocycles. The van der Waals surface area contributed by atoms with Crippen LogP contribution in [-0.2, 0) is 11.2 Å². The maximum Gasteiger partial charge on any atom is 0.259 e. The molecule has 0 radical (unpaired) electrons. The second-order valence-electron chi connectivity index (χ2n) is 8.09. The Morgan fingerprint density at radius 2 is 1.86 bits per heavy atom. The summed E-state index contributed by atoms with van der Waals surface area (Å²) in [6.07, 6.45) is 6.74. The monoisotopic (exact) mass is 382 g/mol. The quantitative estimate of drug-likeness (QED) is 0.814. The van der Waals surface area contributed by atoms with Crippen LogP contribution >= 0.6 is 0 Å². The maximum atomic E-state index is 12.9. The molecule has 4 heterocycles. The Bertz CT molecular complexity index is 850. The van der Waals surface area contributed by atoms with Crippen molar-refractivity contribution in [1.82, 2.24) is 19.9 Å². The number of carbonyl (C=O) groups is 2. The Kier molecular flexibility index (Phi) is 4.91. The van der Waals surface area contributed by atoms with E-state index in [1.165, 1.54) is 0 Å². The van der Waals surface area contributed by atoms with Gasteiger partial charge in [-0.2, -0.15) is 0 Å². The van der Waals surface area contributed by atoms with Crippen LogP contribution in [0.2, 0.25) is 0 Å². The van der Waals surface area contributed by atoms with Gasteiger partial charge >= 0.3 is 0 Å². The molecule has 2 amide bonds. The molecule has 0 aliphatic carbocycles. The largest absolute Gasteiger partial charge is 0.361 e. The van der Waals surface area contributed by atoms with Crippen molar-refractivity contribution in [2.75, 3.05) is 26.2 Å². The number of piperidine rings is 1. The average Bonchev–Trinajstić information content (AvgIpc) is 3.26. The molecule has 2 aromatic heterocycles. The summed E-state index contributed by atoms with van der Waals surface area (Å²) in [5.41, 5.74) is 2.32. The molecule has 2 aliphatic rings. The summed E-state index contributed by atoms with van der Waals surface area (Å²) in [5, 5.41) is 3.91. The lowest BCUT2D eigenvalue weighted by Crippen LogP contribution is -2.45. The zero-order valence-corrected chi connectivity index (χ0v) is 16.5. The molecule has 2 aliphatic heterocycles. The van der Waals surface area contributed by atoms with Crippen LogP contribution in [0, 0.1) is 19.3 Å². The predicted molar refractivity (Wildman–Crippen MR) is 103 cm³/mol. The van der Waals surface area contributed by atoms with Crippen molar-refractivity contribution in [2.45, 2.75) is 39.5 Å². The van der Waals surface area contributed by atoms with E-state index in [-0.39, 0.29) is 17.2 Å². The molecule has 7 nitrogen and oxygen atoms in total. The van der Waals surface area contributed by atoms with Gasteiger partial charge in [-0.25, -0.2) is 0 Å². The van der Waals surface area contributed by atoms with E-state index < -0.39 is 0 Å². The van der Waals surface area contributed by atoms with Gasteiger partial charge in [-0.05, 0) is 50.2 Å². The summed E-state index contributed by atoms with van der Waals surface area (Å²) in [6.45, 7) is 6.61. The average molecular weight is 382 g/mol. The number of carbonyl (C=O) groups excluding carboxylic acids is 2. The van der Waals surface area contributed by atoms with Crippen molar-refractivity contribution >= 4 is 11.8 Å². The van der Waals surface area contributed by atoms with Crippen molar-refractivity contribution in [1.29, 1.82) is 0 Å². The van der Waals surface area contributed by atoms with Crippen molar-refractivity contribution in [2.24, 2.45) is 5.41 Å². The maximum absolute atomic E-state index is 12.9. The minimum Gasteiger partial charge on any atom is -0.361 e. The van der Waals surface area contributed by atoms with Crippen LogP contribution in [0.4, 0.5) is 0 Å². The first kappa shape index (κ1) is 18.7. The van der Waals surface area contributed by atoms with Gasteiger partial charge in [-0.15, -0.1) is 0 Å². The second-order valence-corrected chi connectivity index (χ2v) is 8.09. The van der Waals surface area contributed by atoms with Crippen LogP contribution in [-0.4, -0.2) is 57.9 Å². The van der Waals surface area contributed by atoms with Crippen molar-refractivity contribution in [3.63, 3.8) is 0 Å². The molecule has 28 heavy (non-hydrogen) atoms. The third kappa shape index (κ3) is 3.53. The third-order valence-electron chi connectivity index (χ3n) is 6.23. The normalized spacial score (nSPS) is 18.6. The minimum absolute atomic E-state index is 0.0169. The molecule has 1 spiro atoms. The summed E-state index contributed by atoms with van der Waals surface area (Å²) >= 11 is 0. The molecular weight excluding hydrogens is 356 g/mol. The Balaban J connectivity index is 1.35. The van der Waals surface area contributed by atoms with Gasteiger partial charge in [0.05, 0.1) is 12.1 Å². The molecule has 148 valence electrons. The lowest BCUT2D eigenvalue weighted by molar-refractivity contribution is -0.132. The van der Waals surface area contributed by atoms with E-state index in [1.807, 2.05) is 28.9 Å². The van der Waals surface area contributed by atoms with E-state index in [0.29, 0.717) is 23.4 Å². The summed E-state index contributed by atoms with van der Waals surface area (Å²) in [6, 6.07) is 3.79. The van der Waals surface area contributed by atoms with Crippen molar-refractivity contribution < 1.29 is 14.1 Å². The first-order valence-electron chi connectivity index (χ1n) is 9.86. The van der Waals surface area contributed by atoms with Gasteiger partial charge in [-0.3, -0.25) is 14.6 Å². The zero-order valence-electron chi connectivity index (χ0n) is 16.5. The Labute approximate surface area is 164 Å². The van der Waals surface area contributed by atoms with Crippen molar-refractivity contribution in [3.05, 3.63) is 47.1 Å². The van der Waals surface area contributed by atoms with Crippen LogP contribution in [0.3, 0.4) is 0 Å². The molecule has 2 fully saturated rings. The van der Waals surface area contributed by atoms with Crippen LogP contribution < -0.4 is 0 Å². The number of aryl methyl sites for hydroxylation is 2. The molecule has 2 aromatic rings. The van der Waals surface area contributed by atoms with Crippen LogP contribution in [0.15, 0.2) is 29.0 Å². The highest BCUT2D eigenvalue weighted by atomic mass is 16.5. The van der Waals surface area contributed by atoms with E-state index in [9.17, 15) is 9.59 Å². The summed E-state index contributed by atoms with van der Waals surface area (Å²) in [7, 11) is 0. The molecular formula is C21H26N4O3. The minimum atomic E-state index is 0.0169. The fourth-order valence-electron chi connectivity index (χ4n) is 4.48. The number of nitrogens with zero attached hydrogens (tertiary/aromatic N) is 4. The number of likely N-dealkylation sites (tertiary alicyclic amines) is 2. The molecule has 0 bridgehead atoms. The van der Waals surface area contributed by atoms with E-state index in [0.717, 1.165) is 51.0 Å². The fraction of sp³-hybridized carbons (Fsp3) is 0.524. The van der Waals surface area contributed by atoms with E-state index in [2.05, 4.69) is 10.1 Å². The molecule has 4 rings (SSSR count). The molecule has 2 saturated heterocycles. The van der Waals surface area contributed by atoms with Gasteiger partial charge in [0, 0.05) is 38.6 Å². The second kappa shape index (κ2) is 7.37. The highest BCUT2D eigenvalue weighted by Crippen LogP contribution is 2.41. The van der Waals surface area contributed by atoms with Crippen molar-refractivity contribution in [3.8, 4) is 0 Å². The lowest BCUT2D eigenvalue weighted by Gasteiger charge is -2.39. The molecule has 0 unspecified atom stereocenters. The summed E-state index contributed by atoms with van der Waals surface area (Å²) in [4.78, 5) is 33.5. The topological polar surface area (TPSA) is 79.5 Å². The first-order chi connectivity index (χ1) is 13.5. The predicted octanol–water partition coefficient (Wildman–Crippen LogP) is 2.38. The van der Waals surface area contributed by atoms with Crippen LogP contribution in [0.25, 0.3) is 0 Å². The van der Waals surface area contributed by atoms with Gasteiger partial charge in [0.15, 0.2) is 0 Å². The highest BCUT2D eigenvalue weighted by molar-refractivity contribution is 5.96. The molecule has 0 saturated carbocycles. The molecule has 0 atom stereocenters. The lowest BCUT2D eigenvalue weighted by atomic mass is 9.77. The van der Waals surface area contributed by atoms with E-state index in [4.69, 9.17) is 4.52 Å². The number of rotatable bonds is 3. The molecule has 7 heteroatoms. The summed E-state index contributed by atoms with van der Waals surface area (Å²) < 4.78 is 5.16.